The number of aliphatic imine (C=N–C) groups is 1. The van der Waals surface area contributed by atoms with Crippen LogP contribution in [-0.2, 0) is 4.79 Å². The van der Waals surface area contributed by atoms with Gasteiger partial charge >= 0.3 is 0 Å². The maximum Gasteiger partial charge on any atom is 0.213 e. The number of hydrogen-bond donors (Lipinski definition) is 1. The van der Waals surface area contributed by atoms with Crippen molar-refractivity contribution in [2.24, 2.45) is 4.99 Å². The molecule has 0 spiro atoms. The third-order valence-corrected chi connectivity index (χ3v) is 3.56. The number of carbonyl (C=O) groups excluding carboxylic acids is 3. The van der Waals surface area contributed by atoms with Crippen molar-refractivity contribution in [3.8, 4) is 5.75 Å². The molecule has 0 heterocycles. The molecule has 0 aliphatic heterocycles. The summed E-state index contributed by atoms with van der Waals surface area (Å²) in [5.74, 6) is -1.71. The average molecular weight is 314 g/mol. The van der Waals surface area contributed by atoms with Gasteiger partial charge in [0, 0.05) is 5.56 Å². The molecule has 22 heavy (non-hydrogen) atoms. The van der Waals surface area contributed by atoms with E-state index in [4.69, 9.17) is 11.6 Å². The first-order valence-corrected chi connectivity index (χ1v) is 6.67. The highest BCUT2D eigenvalue weighted by Gasteiger charge is 2.33. The molecule has 0 radical (unpaired) electrons. The van der Waals surface area contributed by atoms with Gasteiger partial charge < -0.3 is 5.11 Å². The van der Waals surface area contributed by atoms with Gasteiger partial charge in [-0.2, -0.15) is 0 Å². The summed E-state index contributed by atoms with van der Waals surface area (Å²) in [6.07, 6.45) is 5.44. The molecule has 1 N–H and O–H groups in total. The summed E-state index contributed by atoms with van der Waals surface area (Å²) in [4.78, 5) is 39.8. The summed E-state index contributed by atoms with van der Waals surface area (Å²) in [6.45, 7) is 0. The van der Waals surface area contributed by atoms with E-state index in [1.165, 1.54) is 42.5 Å². The van der Waals surface area contributed by atoms with Crippen LogP contribution in [-0.4, -0.2) is 28.2 Å². The van der Waals surface area contributed by atoms with E-state index in [0.29, 0.717) is 5.71 Å². The van der Waals surface area contributed by atoms with Crippen molar-refractivity contribution < 1.29 is 19.5 Å². The molecule has 108 valence electrons. The van der Waals surface area contributed by atoms with Crippen LogP contribution in [0.4, 0.5) is 0 Å². The summed E-state index contributed by atoms with van der Waals surface area (Å²) in [7, 11) is 0. The normalized spacial score (nSPS) is 17.1. The lowest BCUT2D eigenvalue weighted by molar-refractivity contribution is -0.110. The summed E-state index contributed by atoms with van der Waals surface area (Å²) in [6, 6.07) is 4.20. The van der Waals surface area contributed by atoms with Gasteiger partial charge in [-0.1, -0.05) is 17.7 Å². The smallest absolute Gasteiger partial charge is 0.213 e. The molecule has 0 atom stereocenters. The van der Waals surface area contributed by atoms with E-state index < -0.39 is 11.6 Å². The standard InChI is InChI=1S/C16H8ClNO4/c17-13-14(18-8-4-6-9(19)7-5-8)15(21)10-2-1-3-11(20)12(10)16(13)22/h1-7,20H. The Bertz CT molecular complexity index is 841. The van der Waals surface area contributed by atoms with Crippen LogP contribution >= 0.6 is 11.6 Å². The number of phenolic OH excluding ortho intramolecular Hbond substituents is 1. The number of benzene rings is 1. The van der Waals surface area contributed by atoms with Crippen LogP contribution in [0.1, 0.15) is 20.7 Å². The van der Waals surface area contributed by atoms with Gasteiger partial charge in [0.25, 0.3) is 0 Å². The van der Waals surface area contributed by atoms with Gasteiger partial charge in [-0.25, -0.2) is 4.99 Å². The Hall–Kier alpha value is -2.79. The summed E-state index contributed by atoms with van der Waals surface area (Å²) >= 11 is 5.95. The maximum atomic E-state index is 12.4. The van der Waals surface area contributed by atoms with Crippen molar-refractivity contribution in [3.05, 3.63) is 64.4 Å². The monoisotopic (exact) mass is 313 g/mol. The molecule has 5 nitrogen and oxygen atoms in total. The lowest BCUT2D eigenvalue weighted by atomic mass is 9.91. The molecule has 2 aliphatic carbocycles. The van der Waals surface area contributed by atoms with Crippen molar-refractivity contribution >= 4 is 34.7 Å². The summed E-state index contributed by atoms with van der Waals surface area (Å²) in [5.41, 5.74) is 0.0564. The van der Waals surface area contributed by atoms with Gasteiger partial charge in [-0.3, -0.25) is 14.4 Å². The third kappa shape index (κ3) is 2.21. The third-order valence-electron chi connectivity index (χ3n) is 3.21. The minimum absolute atomic E-state index is 0.0496. The van der Waals surface area contributed by atoms with E-state index in [0.717, 1.165) is 0 Å². The second kappa shape index (κ2) is 5.20. The molecule has 0 bridgehead atoms. The lowest BCUT2D eigenvalue weighted by Crippen LogP contribution is -2.20. The molecule has 3 rings (SSSR count). The van der Waals surface area contributed by atoms with Crippen molar-refractivity contribution in [2.75, 3.05) is 0 Å². The predicted molar refractivity (Wildman–Crippen MR) is 80.4 cm³/mol. The van der Waals surface area contributed by atoms with Crippen LogP contribution in [0.25, 0.3) is 0 Å². The van der Waals surface area contributed by atoms with Crippen molar-refractivity contribution in [3.63, 3.8) is 0 Å². The fourth-order valence-corrected chi connectivity index (χ4v) is 2.38. The highest BCUT2D eigenvalue weighted by atomic mass is 35.5. The Morgan fingerprint density at radius 2 is 1.64 bits per heavy atom. The van der Waals surface area contributed by atoms with Gasteiger partial charge in [0.05, 0.1) is 11.3 Å². The topological polar surface area (TPSA) is 83.8 Å². The molecular formula is C16H8ClNO4. The van der Waals surface area contributed by atoms with Crippen LogP contribution in [0.5, 0.6) is 5.75 Å². The van der Waals surface area contributed by atoms with Crippen molar-refractivity contribution in [2.45, 2.75) is 0 Å². The van der Waals surface area contributed by atoms with E-state index in [1.807, 2.05) is 0 Å². The van der Waals surface area contributed by atoms with Crippen LogP contribution in [0.2, 0.25) is 0 Å². The first kappa shape index (κ1) is 14.2. The SMILES string of the molecule is O=C1C=CC(=NC2=C(Cl)C(=O)c3c(O)cccc3C2=O)C=C1. The van der Waals surface area contributed by atoms with Crippen LogP contribution in [0, 0.1) is 0 Å². The van der Waals surface area contributed by atoms with E-state index in [1.54, 1.807) is 0 Å². The zero-order valence-electron chi connectivity index (χ0n) is 11.0. The molecule has 1 aromatic rings. The molecule has 6 heteroatoms. The Kier molecular flexibility index (Phi) is 3.35. The Morgan fingerprint density at radius 3 is 2.32 bits per heavy atom. The number of nitrogens with zero attached hydrogens (tertiary/aromatic N) is 1. The molecular weight excluding hydrogens is 306 g/mol. The molecule has 0 saturated carbocycles. The number of ketones is 3. The minimum Gasteiger partial charge on any atom is -0.507 e. The molecule has 0 unspecified atom stereocenters. The van der Waals surface area contributed by atoms with E-state index in [2.05, 4.69) is 4.99 Å². The van der Waals surface area contributed by atoms with Crippen molar-refractivity contribution in [1.82, 2.24) is 0 Å². The highest BCUT2D eigenvalue weighted by Crippen LogP contribution is 2.34. The fraction of sp³-hybridized carbons (Fsp3) is 0. The quantitative estimate of drug-likeness (QED) is 0.807. The largest absolute Gasteiger partial charge is 0.507 e. The Morgan fingerprint density at radius 1 is 0.955 bits per heavy atom. The van der Waals surface area contributed by atoms with E-state index in [-0.39, 0.29) is 33.4 Å². The minimum atomic E-state index is -0.659. The number of aromatic hydroxyl groups is 1. The number of carbonyl (C=O) groups is 3. The van der Waals surface area contributed by atoms with Gasteiger partial charge in [-0.05, 0) is 36.4 Å². The first-order chi connectivity index (χ1) is 10.5. The summed E-state index contributed by atoms with van der Waals surface area (Å²) in [5, 5.41) is 9.39. The Balaban J connectivity index is 2.13. The second-order valence-corrected chi connectivity index (χ2v) is 5.00. The van der Waals surface area contributed by atoms with E-state index in [9.17, 15) is 19.5 Å². The number of fused-ring (bicyclic) bond motifs is 1. The molecule has 0 saturated heterocycles. The molecule has 0 amide bonds. The zero-order chi connectivity index (χ0) is 15.9. The highest BCUT2D eigenvalue weighted by molar-refractivity contribution is 6.50. The predicted octanol–water partition coefficient (Wildman–Crippen LogP) is 2.36. The lowest BCUT2D eigenvalue weighted by Gasteiger charge is -2.16. The van der Waals surface area contributed by atoms with Gasteiger partial charge in [0.2, 0.25) is 11.6 Å². The number of Topliss-reactive ketones (excluding diaryl/α,β-unsaturated/α-hetero) is 2. The zero-order valence-corrected chi connectivity index (χ0v) is 11.8. The Labute approximate surface area is 129 Å². The molecule has 0 fully saturated rings. The van der Waals surface area contributed by atoms with Gasteiger partial charge in [-0.15, -0.1) is 0 Å². The second-order valence-electron chi connectivity index (χ2n) is 4.63. The number of hydrogen-bond acceptors (Lipinski definition) is 5. The van der Waals surface area contributed by atoms with Crippen LogP contribution in [0.3, 0.4) is 0 Å². The van der Waals surface area contributed by atoms with Crippen molar-refractivity contribution in [1.29, 1.82) is 0 Å². The maximum absolute atomic E-state index is 12.4. The average Bonchev–Trinajstić information content (AvgIpc) is 2.51. The van der Waals surface area contributed by atoms with Gasteiger partial charge in [0.1, 0.15) is 16.5 Å². The molecule has 1 aromatic carbocycles. The molecule has 2 aliphatic rings. The number of allylic oxidation sites excluding steroid dienone is 6. The van der Waals surface area contributed by atoms with Crippen LogP contribution in [0.15, 0.2) is 58.2 Å². The van der Waals surface area contributed by atoms with Crippen LogP contribution < -0.4 is 0 Å². The van der Waals surface area contributed by atoms with E-state index >= 15 is 0 Å². The number of halogens is 1. The summed E-state index contributed by atoms with van der Waals surface area (Å²) < 4.78 is 0. The number of rotatable bonds is 1. The molecule has 0 aromatic heterocycles. The first-order valence-electron chi connectivity index (χ1n) is 6.29. The van der Waals surface area contributed by atoms with Gasteiger partial charge in [0.15, 0.2) is 5.78 Å². The number of phenols is 1. The fourth-order valence-electron chi connectivity index (χ4n) is 2.16.